The van der Waals surface area contributed by atoms with Crippen LogP contribution in [-0.4, -0.2) is 16.0 Å². The Hall–Kier alpha value is -2.54. The predicted octanol–water partition coefficient (Wildman–Crippen LogP) is 4.20. The van der Waals surface area contributed by atoms with E-state index < -0.39 is 11.7 Å². The molecule has 0 atom stereocenters. The van der Waals surface area contributed by atoms with Crippen LogP contribution in [0.15, 0.2) is 51.5 Å². The van der Waals surface area contributed by atoms with Crippen molar-refractivity contribution >= 4 is 27.5 Å². The van der Waals surface area contributed by atoms with Gasteiger partial charge in [0.1, 0.15) is 5.82 Å². The number of halogens is 2. The van der Waals surface area contributed by atoms with E-state index >= 15 is 0 Å². The van der Waals surface area contributed by atoms with Crippen molar-refractivity contribution < 1.29 is 13.7 Å². The lowest BCUT2D eigenvalue weighted by atomic mass is 10.1. The third-order valence-electron chi connectivity index (χ3n) is 3.09. The molecule has 0 spiro atoms. The molecule has 2 aromatic carbocycles. The molecule has 1 aromatic heterocycles. The monoisotopic (exact) mass is 375 g/mol. The number of nitrogens with zero attached hydrogens (tertiary/aromatic N) is 2. The van der Waals surface area contributed by atoms with E-state index in [4.69, 9.17) is 4.52 Å². The van der Waals surface area contributed by atoms with Crippen LogP contribution in [0.25, 0.3) is 11.4 Å². The van der Waals surface area contributed by atoms with Crippen LogP contribution in [0, 0.1) is 12.7 Å². The van der Waals surface area contributed by atoms with Gasteiger partial charge in [-0.1, -0.05) is 33.2 Å². The predicted molar refractivity (Wildman–Crippen MR) is 86.5 cm³/mol. The molecule has 0 aliphatic carbocycles. The van der Waals surface area contributed by atoms with Gasteiger partial charge in [0, 0.05) is 22.5 Å². The standard InChI is InChI=1S/C16H11BrFN3O2/c1-9-19-15(21-23-9)10-3-2-4-11(7-10)16(22)20-14-6-5-12(17)8-13(14)18/h2-8H,1H3,(H,20,22). The van der Waals surface area contributed by atoms with Crippen molar-refractivity contribution in [3.63, 3.8) is 0 Å². The Labute approximate surface area is 139 Å². The summed E-state index contributed by atoms with van der Waals surface area (Å²) in [5.74, 6) is -0.107. The first-order valence-electron chi connectivity index (χ1n) is 6.70. The molecule has 1 amide bonds. The lowest BCUT2D eigenvalue weighted by Gasteiger charge is -2.07. The molecular formula is C16H11BrFN3O2. The fourth-order valence-electron chi connectivity index (χ4n) is 2.00. The number of nitrogens with one attached hydrogen (secondary N) is 1. The van der Waals surface area contributed by atoms with Crippen LogP contribution in [0.1, 0.15) is 16.2 Å². The van der Waals surface area contributed by atoms with Gasteiger partial charge in [-0.05, 0) is 30.3 Å². The molecule has 0 unspecified atom stereocenters. The van der Waals surface area contributed by atoms with Crippen LogP contribution in [0.4, 0.5) is 10.1 Å². The molecule has 5 nitrogen and oxygen atoms in total. The van der Waals surface area contributed by atoms with Crippen LogP contribution >= 0.6 is 15.9 Å². The highest BCUT2D eigenvalue weighted by Crippen LogP contribution is 2.21. The van der Waals surface area contributed by atoms with E-state index in [0.717, 1.165) is 0 Å². The van der Waals surface area contributed by atoms with Gasteiger partial charge in [-0.15, -0.1) is 0 Å². The second-order valence-corrected chi connectivity index (χ2v) is 5.71. The molecule has 0 aliphatic heterocycles. The van der Waals surface area contributed by atoms with Crippen molar-refractivity contribution in [2.24, 2.45) is 0 Å². The zero-order chi connectivity index (χ0) is 16.4. The second kappa shape index (κ2) is 6.29. The number of carbonyl (C=O) groups excluding carboxylic acids is 1. The summed E-state index contributed by atoms with van der Waals surface area (Å²) < 4.78 is 19.3. The Morgan fingerprint density at radius 1 is 1.26 bits per heavy atom. The van der Waals surface area contributed by atoms with Gasteiger partial charge in [-0.3, -0.25) is 4.79 Å². The van der Waals surface area contributed by atoms with Gasteiger partial charge in [-0.2, -0.15) is 4.98 Å². The average molecular weight is 376 g/mol. The summed E-state index contributed by atoms with van der Waals surface area (Å²) in [6.45, 7) is 1.68. The summed E-state index contributed by atoms with van der Waals surface area (Å²) in [7, 11) is 0. The fraction of sp³-hybridized carbons (Fsp3) is 0.0625. The SMILES string of the molecule is Cc1nc(-c2cccc(C(=O)Nc3ccc(Br)cc3F)c2)no1. The first kappa shape index (κ1) is 15.4. The number of benzene rings is 2. The molecule has 0 saturated heterocycles. The molecule has 0 radical (unpaired) electrons. The summed E-state index contributed by atoms with van der Waals surface area (Å²) in [6.07, 6.45) is 0. The maximum atomic E-state index is 13.8. The fourth-order valence-corrected chi connectivity index (χ4v) is 2.33. The first-order valence-corrected chi connectivity index (χ1v) is 7.49. The van der Waals surface area contributed by atoms with Gasteiger partial charge in [0.05, 0.1) is 5.69 Å². The van der Waals surface area contributed by atoms with Gasteiger partial charge in [-0.25, -0.2) is 4.39 Å². The molecule has 0 saturated carbocycles. The van der Waals surface area contributed by atoms with Crippen molar-refractivity contribution in [2.45, 2.75) is 6.92 Å². The van der Waals surface area contributed by atoms with Crippen LogP contribution in [0.3, 0.4) is 0 Å². The van der Waals surface area contributed by atoms with Gasteiger partial charge in [0.25, 0.3) is 5.91 Å². The van der Waals surface area contributed by atoms with E-state index in [2.05, 4.69) is 31.4 Å². The number of rotatable bonds is 3. The topological polar surface area (TPSA) is 68.0 Å². The molecule has 1 heterocycles. The van der Waals surface area contributed by atoms with E-state index in [-0.39, 0.29) is 5.69 Å². The van der Waals surface area contributed by atoms with Crippen LogP contribution in [0.2, 0.25) is 0 Å². The smallest absolute Gasteiger partial charge is 0.255 e. The highest BCUT2D eigenvalue weighted by molar-refractivity contribution is 9.10. The molecule has 0 bridgehead atoms. The zero-order valence-electron chi connectivity index (χ0n) is 12.0. The summed E-state index contributed by atoms with van der Waals surface area (Å²) in [4.78, 5) is 16.4. The Morgan fingerprint density at radius 3 is 2.78 bits per heavy atom. The Morgan fingerprint density at radius 2 is 2.09 bits per heavy atom. The summed E-state index contributed by atoms with van der Waals surface area (Å²) in [5, 5.41) is 6.35. The molecule has 7 heteroatoms. The van der Waals surface area contributed by atoms with Crippen molar-refractivity contribution in [3.8, 4) is 11.4 Å². The number of aromatic nitrogens is 2. The maximum absolute atomic E-state index is 13.8. The molecule has 0 aliphatic rings. The summed E-state index contributed by atoms with van der Waals surface area (Å²) in [6, 6.07) is 11.1. The van der Waals surface area contributed by atoms with Gasteiger partial charge >= 0.3 is 0 Å². The Balaban J connectivity index is 1.85. The minimum atomic E-state index is -0.516. The third-order valence-corrected chi connectivity index (χ3v) is 3.58. The van der Waals surface area contributed by atoms with Gasteiger partial charge in [0.15, 0.2) is 0 Å². The number of hydrogen-bond acceptors (Lipinski definition) is 4. The molecule has 116 valence electrons. The number of carbonyl (C=O) groups is 1. The van der Waals surface area contributed by atoms with Crippen LogP contribution in [-0.2, 0) is 0 Å². The minimum Gasteiger partial charge on any atom is -0.339 e. The molecule has 23 heavy (non-hydrogen) atoms. The van der Waals surface area contributed by atoms with Crippen LogP contribution < -0.4 is 5.32 Å². The van der Waals surface area contributed by atoms with E-state index in [1.54, 1.807) is 37.3 Å². The van der Waals surface area contributed by atoms with Crippen molar-refractivity contribution in [1.29, 1.82) is 0 Å². The molecule has 3 rings (SSSR count). The highest BCUT2D eigenvalue weighted by atomic mass is 79.9. The number of aryl methyl sites for hydroxylation is 1. The molecule has 1 N–H and O–H groups in total. The lowest BCUT2D eigenvalue weighted by molar-refractivity contribution is 0.102. The molecular weight excluding hydrogens is 365 g/mol. The Bertz CT molecular complexity index is 879. The quantitative estimate of drug-likeness (QED) is 0.744. The molecule has 0 fully saturated rings. The maximum Gasteiger partial charge on any atom is 0.255 e. The number of hydrogen-bond donors (Lipinski definition) is 1. The normalized spacial score (nSPS) is 10.6. The first-order chi connectivity index (χ1) is 11.0. The number of amides is 1. The summed E-state index contributed by atoms with van der Waals surface area (Å²) >= 11 is 3.17. The van der Waals surface area contributed by atoms with E-state index in [1.807, 2.05) is 0 Å². The van der Waals surface area contributed by atoms with Gasteiger partial charge in [0.2, 0.25) is 11.7 Å². The van der Waals surface area contributed by atoms with E-state index in [0.29, 0.717) is 27.3 Å². The Kier molecular flexibility index (Phi) is 4.20. The van der Waals surface area contributed by atoms with Crippen molar-refractivity contribution in [3.05, 3.63) is 64.2 Å². The molecule has 3 aromatic rings. The third kappa shape index (κ3) is 3.45. The minimum absolute atomic E-state index is 0.110. The largest absolute Gasteiger partial charge is 0.339 e. The van der Waals surface area contributed by atoms with E-state index in [9.17, 15) is 9.18 Å². The average Bonchev–Trinajstić information content (AvgIpc) is 2.97. The van der Waals surface area contributed by atoms with E-state index in [1.165, 1.54) is 12.1 Å². The summed E-state index contributed by atoms with van der Waals surface area (Å²) in [5.41, 5.74) is 1.12. The highest BCUT2D eigenvalue weighted by Gasteiger charge is 2.12. The van der Waals surface area contributed by atoms with Gasteiger partial charge < -0.3 is 9.84 Å². The number of anilines is 1. The lowest BCUT2D eigenvalue weighted by Crippen LogP contribution is -2.13. The van der Waals surface area contributed by atoms with Crippen molar-refractivity contribution in [1.82, 2.24) is 10.1 Å². The second-order valence-electron chi connectivity index (χ2n) is 4.80. The van der Waals surface area contributed by atoms with Crippen LogP contribution in [0.5, 0.6) is 0 Å². The van der Waals surface area contributed by atoms with Crippen molar-refractivity contribution in [2.75, 3.05) is 5.32 Å². The zero-order valence-corrected chi connectivity index (χ0v) is 13.6.